The van der Waals surface area contributed by atoms with E-state index in [0.29, 0.717) is 5.82 Å². The third kappa shape index (κ3) is 3.39. The number of nitrogens with zero attached hydrogens (tertiary/aromatic N) is 4. The first-order valence-corrected chi connectivity index (χ1v) is 11.9. The summed E-state index contributed by atoms with van der Waals surface area (Å²) in [5.74, 6) is 0.597. The predicted octanol–water partition coefficient (Wildman–Crippen LogP) is 7.73. The Kier molecular flexibility index (Phi) is 4.74. The van der Waals surface area contributed by atoms with E-state index in [4.69, 9.17) is 19.9 Å². The van der Waals surface area contributed by atoms with Gasteiger partial charge >= 0.3 is 0 Å². The third-order valence-corrected chi connectivity index (χ3v) is 6.48. The summed E-state index contributed by atoms with van der Waals surface area (Å²) < 4.78 is 0. The first-order valence-electron chi connectivity index (χ1n) is 11.9. The summed E-state index contributed by atoms with van der Waals surface area (Å²) in [5, 5.41) is 4.40. The second-order valence-corrected chi connectivity index (χ2v) is 8.71. The zero-order valence-corrected chi connectivity index (χ0v) is 19.3. The van der Waals surface area contributed by atoms with E-state index in [9.17, 15) is 0 Å². The van der Waals surface area contributed by atoms with E-state index in [0.717, 1.165) is 55.5 Å². The van der Waals surface area contributed by atoms with Gasteiger partial charge in [0.05, 0.1) is 28.1 Å². The average molecular weight is 461 g/mol. The molecule has 3 heterocycles. The molecule has 0 bridgehead atoms. The van der Waals surface area contributed by atoms with E-state index in [1.54, 1.807) is 0 Å². The van der Waals surface area contributed by atoms with Crippen molar-refractivity contribution in [1.82, 2.24) is 19.9 Å². The number of hydrogen-bond donors (Lipinski definition) is 0. The quantitative estimate of drug-likeness (QED) is 0.253. The van der Waals surface area contributed by atoms with Crippen LogP contribution in [0.1, 0.15) is 0 Å². The number of aromatic nitrogens is 4. The topological polar surface area (TPSA) is 51.6 Å². The molecule has 4 heteroatoms. The van der Waals surface area contributed by atoms with E-state index in [1.807, 2.05) is 72.8 Å². The molecule has 4 aromatic carbocycles. The Morgan fingerprint density at radius 2 is 0.944 bits per heavy atom. The van der Waals surface area contributed by atoms with Gasteiger partial charge < -0.3 is 0 Å². The van der Waals surface area contributed by atoms with Crippen molar-refractivity contribution < 1.29 is 0 Å². The molecule has 0 amide bonds. The summed E-state index contributed by atoms with van der Waals surface area (Å²) in [6.45, 7) is 0. The molecule has 3 aromatic heterocycles. The van der Waals surface area contributed by atoms with Crippen molar-refractivity contribution in [3.8, 4) is 34.2 Å². The monoisotopic (exact) mass is 460 g/mol. The summed E-state index contributed by atoms with van der Waals surface area (Å²) in [5.41, 5.74) is 6.17. The molecule has 0 radical (unpaired) electrons. The van der Waals surface area contributed by atoms with E-state index >= 15 is 0 Å². The van der Waals surface area contributed by atoms with Gasteiger partial charge in [0.25, 0.3) is 0 Å². The van der Waals surface area contributed by atoms with Crippen LogP contribution >= 0.6 is 0 Å². The molecule has 0 unspecified atom stereocenters. The lowest BCUT2D eigenvalue weighted by molar-refractivity contribution is 1.18. The molecule has 7 aromatic rings. The zero-order chi connectivity index (χ0) is 23.9. The van der Waals surface area contributed by atoms with Crippen molar-refractivity contribution in [3.05, 3.63) is 121 Å². The van der Waals surface area contributed by atoms with Gasteiger partial charge in [-0.2, -0.15) is 0 Å². The maximum atomic E-state index is 5.02. The molecule has 0 aliphatic carbocycles. The molecule has 7 rings (SSSR count). The SMILES string of the molecule is c1ccc(-c2nc(-c3cccc(-c4nc5ccccc5c5ccccc45)n3)nc3ccccc23)cc1. The molecule has 0 saturated heterocycles. The van der Waals surface area contributed by atoms with Gasteiger partial charge in [0.2, 0.25) is 0 Å². The minimum Gasteiger partial charge on any atom is -0.245 e. The van der Waals surface area contributed by atoms with E-state index in [1.165, 1.54) is 5.39 Å². The summed E-state index contributed by atoms with van der Waals surface area (Å²) in [7, 11) is 0. The fourth-order valence-corrected chi connectivity index (χ4v) is 4.80. The first-order chi connectivity index (χ1) is 17.8. The maximum Gasteiger partial charge on any atom is 0.179 e. The fraction of sp³-hybridized carbons (Fsp3) is 0. The van der Waals surface area contributed by atoms with Gasteiger partial charge in [0.15, 0.2) is 5.82 Å². The minimum atomic E-state index is 0.597. The van der Waals surface area contributed by atoms with Crippen molar-refractivity contribution in [3.63, 3.8) is 0 Å². The van der Waals surface area contributed by atoms with Crippen LogP contribution in [0.2, 0.25) is 0 Å². The summed E-state index contributed by atoms with van der Waals surface area (Å²) in [4.78, 5) is 19.9. The molecule has 0 N–H and O–H groups in total. The highest BCUT2D eigenvalue weighted by molar-refractivity contribution is 6.10. The van der Waals surface area contributed by atoms with Gasteiger partial charge in [-0.05, 0) is 29.7 Å². The van der Waals surface area contributed by atoms with Crippen molar-refractivity contribution >= 4 is 32.6 Å². The fourth-order valence-electron chi connectivity index (χ4n) is 4.80. The number of benzene rings is 4. The first kappa shape index (κ1) is 20.4. The van der Waals surface area contributed by atoms with Crippen molar-refractivity contribution in [2.24, 2.45) is 0 Å². The highest BCUT2D eigenvalue weighted by Crippen LogP contribution is 2.33. The number of para-hydroxylation sites is 2. The van der Waals surface area contributed by atoms with Crippen molar-refractivity contribution in [2.45, 2.75) is 0 Å². The van der Waals surface area contributed by atoms with Gasteiger partial charge in [-0.15, -0.1) is 0 Å². The molecule has 36 heavy (non-hydrogen) atoms. The summed E-state index contributed by atoms with van der Waals surface area (Å²) >= 11 is 0. The van der Waals surface area contributed by atoms with Crippen LogP contribution in [0.3, 0.4) is 0 Å². The van der Waals surface area contributed by atoms with Crippen LogP contribution in [-0.4, -0.2) is 19.9 Å². The molecule has 0 aliphatic heterocycles. The number of hydrogen-bond acceptors (Lipinski definition) is 4. The van der Waals surface area contributed by atoms with Crippen LogP contribution in [0, 0.1) is 0 Å². The second kappa shape index (κ2) is 8.36. The minimum absolute atomic E-state index is 0.597. The Morgan fingerprint density at radius 3 is 1.75 bits per heavy atom. The van der Waals surface area contributed by atoms with Crippen molar-refractivity contribution in [2.75, 3.05) is 0 Å². The highest BCUT2D eigenvalue weighted by Gasteiger charge is 2.15. The molecule has 4 nitrogen and oxygen atoms in total. The van der Waals surface area contributed by atoms with Gasteiger partial charge in [-0.3, -0.25) is 0 Å². The Hall–Kier alpha value is -4.96. The van der Waals surface area contributed by atoms with Crippen LogP contribution in [-0.2, 0) is 0 Å². The molecule has 168 valence electrons. The van der Waals surface area contributed by atoms with Crippen LogP contribution in [0.5, 0.6) is 0 Å². The number of pyridine rings is 2. The molecule has 0 spiro atoms. The normalized spacial score (nSPS) is 11.3. The van der Waals surface area contributed by atoms with Crippen LogP contribution in [0.15, 0.2) is 121 Å². The molecule has 0 atom stereocenters. The molecule has 0 saturated carbocycles. The second-order valence-electron chi connectivity index (χ2n) is 8.71. The lowest BCUT2D eigenvalue weighted by Crippen LogP contribution is -1.98. The van der Waals surface area contributed by atoms with Crippen LogP contribution < -0.4 is 0 Å². The van der Waals surface area contributed by atoms with Crippen LogP contribution in [0.25, 0.3) is 66.7 Å². The largest absolute Gasteiger partial charge is 0.245 e. The smallest absolute Gasteiger partial charge is 0.179 e. The number of fused-ring (bicyclic) bond motifs is 4. The van der Waals surface area contributed by atoms with E-state index < -0.39 is 0 Å². The number of rotatable bonds is 3. The van der Waals surface area contributed by atoms with Crippen LogP contribution in [0.4, 0.5) is 0 Å². The third-order valence-electron chi connectivity index (χ3n) is 6.48. The molecule has 0 aliphatic rings. The summed E-state index contributed by atoms with van der Waals surface area (Å²) in [6.07, 6.45) is 0. The summed E-state index contributed by atoms with van der Waals surface area (Å²) in [6, 6.07) is 40.9. The van der Waals surface area contributed by atoms with Gasteiger partial charge in [0, 0.05) is 21.7 Å². The van der Waals surface area contributed by atoms with Gasteiger partial charge in [-0.1, -0.05) is 97.1 Å². The molecular weight excluding hydrogens is 440 g/mol. The van der Waals surface area contributed by atoms with Gasteiger partial charge in [-0.25, -0.2) is 19.9 Å². The maximum absolute atomic E-state index is 5.02. The highest BCUT2D eigenvalue weighted by atomic mass is 14.9. The Bertz CT molecular complexity index is 1890. The predicted molar refractivity (Wildman–Crippen MR) is 146 cm³/mol. The lowest BCUT2D eigenvalue weighted by Gasteiger charge is -2.11. The lowest BCUT2D eigenvalue weighted by atomic mass is 10.0. The Morgan fingerprint density at radius 1 is 0.333 bits per heavy atom. The van der Waals surface area contributed by atoms with E-state index in [-0.39, 0.29) is 0 Å². The Balaban J connectivity index is 1.45. The standard InChI is InChI=1S/C32H20N4/c1-2-11-21(12-3-1)30-25-16-7-9-18-27(25)35-32(36-30)29-20-10-19-28(33-29)31-24-15-5-4-13-22(24)23-14-6-8-17-26(23)34-31/h1-20H. The Labute approximate surface area is 208 Å². The van der Waals surface area contributed by atoms with E-state index in [2.05, 4.69) is 48.5 Å². The zero-order valence-electron chi connectivity index (χ0n) is 19.3. The van der Waals surface area contributed by atoms with Crippen molar-refractivity contribution in [1.29, 1.82) is 0 Å². The molecular formula is C32H20N4. The molecule has 0 fully saturated rings. The van der Waals surface area contributed by atoms with Gasteiger partial charge in [0.1, 0.15) is 5.69 Å². The average Bonchev–Trinajstić information content (AvgIpc) is 2.96.